The van der Waals surface area contributed by atoms with Crippen LogP contribution in [0.4, 0.5) is 5.69 Å². The van der Waals surface area contributed by atoms with Gasteiger partial charge in [0.25, 0.3) is 5.91 Å². The highest BCUT2D eigenvalue weighted by Gasteiger charge is 2.22. The van der Waals surface area contributed by atoms with Crippen LogP contribution >= 0.6 is 0 Å². The van der Waals surface area contributed by atoms with Crippen molar-refractivity contribution in [3.05, 3.63) is 23.8 Å². The molecule has 0 bridgehead atoms. The van der Waals surface area contributed by atoms with Crippen molar-refractivity contribution < 1.29 is 9.53 Å². The fourth-order valence-electron chi connectivity index (χ4n) is 2.18. The quantitative estimate of drug-likeness (QED) is 0.879. The number of nitrogens with zero attached hydrogens (tertiary/aromatic N) is 1. The maximum absolute atomic E-state index is 11.6. The molecule has 0 radical (unpaired) electrons. The highest BCUT2D eigenvalue weighted by molar-refractivity contribution is 5.97. The third-order valence-electron chi connectivity index (χ3n) is 3.49. The molecule has 0 saturated heterocycles. The van der Waals surface area contributed by atoms with E-state index in [0.29, 0.717) is 6.04 Å². The van der Waals surface area contributed by atoms with Gasteiger partial charge in [-0.2, -0.15) is 0 Å². The summed E-state index contributed by atoms with van der Waals surface area (Å²) in [6, 6.07) is 6.54. The molecule has 98 valence electrons. The van der Waals surface area contributed by atoms with Gasteiger partial charge in [-0.25, -0.2) is 0 Å². The SMILES string of the molecule is CCC(Cc1ccc2c(c1)N(C)C(=O)CO2)NC. The second kappa shape index (κ2) is 5.40. The summed E-state index contributed by atoms with van der Waals surface area (Å²) in [5.41, 5.74) is 2.09. The molecule has 2 rings (SSSR count). The molecule has 1 aliphatic rings. The van der Waals surface area contributed by atoms with Crippen molar-refractivity contribution in [3.8, 4) is 5.75 Å². The summed E-state index contributed by atoms with van der Waals surface area (Å²) in [5.74, 6) is 0.790. The lowest BCUT2D eigenvalue weighted by molar-refractivity contribution is -0.120. The van der Waals surface area contributed by atoms with Crippen LogP contribution in [-0.4, -0.2) is 32.7 Å². The Bertz CT molecular complexity index is 441. The first kappa shape index (κ1) is 12.9. The van der Waals surface area contributed by atoms with Crippen LogP contribution in [0.3, 0.4) is 0 Å². The van der Waals surface area contributed by atoms with Gasteiger partial charge in [-0.15, -0.1) is 0 Å². The molecule has 0 spiro atoms. The van der Waals surface area contributed by atoms with Crippen LogP contribution < -0.4 is 15.0 Å². The molecule has 0 fully saturated rings. The predicted octanol–water partition coefficient (Wildman–Crippen LogP) is 1.58. The maximum atomic E-state index is 11.6. The zero-order chi connectivity index (χ0) is 13.1. The highest BCUT2D eigenvalue weighted by atomic mass is 16.5. The van der Waals surface area contributed by atoms with E-state index in [2.05, 4.69) is 18.3 Å². The minimum absolute atomic E-state index is 0.000285. The topological polar surface area (TPSA) is 41.6 Å². The van der Waals surface area contributed by atoms with Gasteiger partial charge in [-0.1, -0.05) is 13.0 Å². The number of carbonyl (C=O) groups is 1. The minimum Gasteiger partial charge on any atom is -0.482 e. The van der Waals surface area contributed by atoms with E-state index in [9.17, 15) is 4.79 Å². The molecule has 1 atom stereocenters. The zero-order valence-corrected chi connectivity index (χ0v) is 11.2. The molecule has 1 aromatic rings. The van der Waals surface area contributed by atoms with Crippen LogP contribution in [0, 0.1) is 0 Å². The van der Waals surface area contributed by atoms with Crippen LogP contribution in [-0.2, 0) is 11.2 Å². The lowest BCUT2D eigenvalue weighted by Crippen LogP contribution is -2.35. The first-order valence-electron chi connectivity index (χ1n) is 6.35. The number of benzene rings is 1. The highest BCUT2D eigenvalue weighted by Crippen LogP contribution is 2.32. The fourth-order valence-corrected chi connectivity index (χ4v) is 2.18. The number of hydrogen-bond acceptors (Lipinski definition) is 3. The predicted molar refractivity (Wildman–Crippen MR) is 72.2 cm³/mol. The summed E-state index contributed by atoms with van der Waals surface area (Å²) >= 11 is 0. The average Bonchev–Trinajstić information content (AvgIpc) is 2.40. The molecule has 18 heavy (non-hydrogen) atoms. The van der Waals surface area contributed by atoms with Gasteiger partial charge in [0.2, 0.25) is 0 Å². The Kier molecular flexibility index (Phi) is 3.87. The number of rotatable bonds is 4. The lowest BCUT2D eigenvalue weighted by Gasteiger charge is -2.26. The van der Waals surface area contributed by atoms with Gasteiger partial charge < -0.3 is 15.0 Å². The number of nitrogens with one attached hydrogen (secondary N) is 1. The largest absolute Gasteiger partial charge is 0.482 e. The van der Waals surface area contributed by atoms with Gasteiger partial charge in [-0.05, 0) is 37.6 Å². The second-order valence-corrected chi connectivity index (χ2v) is 4.64. The van der Waals surface area contributed by atoms with E-state index in [4.69, 9.17) is 4.74 Å². The summed E-state index contributed by atoms with van der Waals surface area (Å²) in [5, 5.41) is 3.29. The Labute approximate surface area is 108 Å². The van der Waals surface area contributed by atoms with Gasteiger partial charge in [0.1, 0.15) is 5.75 Å². The standard InChI is InChI=1S/C14H20N2O2/c1-4-11(15-2)7-10-5-6-13-12(8-10)16(3)14(17)9-18-13/h5-6,8,11,15H,4,7,9H2,1-3H3. The Morgan fingerprint density at radius 3 is 2.94 bits per heavy atom. The summed E-state index contributed by atoms with van der Waals surface area (Å²) in [4.78, 5) is 13.3. The van der Waals surface area contributed by atoms with Crippen molar-refractivity contribution in [2.45, 2.75) is 25.8 Å². The number of hydrogen-bond donors (Lipinski definition) is 1. The number of ether oxygens (including phenoxy) is 1. The van der Waals surface area contributed by atoms with Gasteiger partial charge in [-0.3, -0.25) is 4.79 Å². The van der Waals surface area contributed by atoms with Crippen LogP contribution in [0.1, 0.15) is 18.9 Å². The maximum Gasteiger partial charge on any atom is 0.264 e. The van der Waals surface area contributed by atoms with Crippen molar-refractivity contribution in [3.63, 3.8) is 0 Å². The first-order valence-corrected chi connectivity index (χ1v) is 6.35. The van der Waals surface area contributed by atoms with Crippen LogP contribution in [0.15, 0.2) is 18.2 Å². The van der Waals surface area contributed by atoms with Crippen molar-refractivity contribution in [1.82, 2.24) is 5.32 Å². The molecule has 1 unspecified atom stereocenters. The van der Waals surface area contributed by atoms with Gasteiger partial charge >= 0.3 is 0 Å². The fraction of sp³-hybridized carbons (Fsp3) is 0.500. The summed E-state index contributed by atoms with van der Waals surface area (Å²) in [6.07, 6.45) is 2.04. The summed E-state index contributed by atoms with van der Waals surface area (Å²) < 4.78 is 5.41. The first-order chi connectivity index (χ1) is 8.65. The third-order valence-corrected chi connectivity index (χ3v) is 3.49. The molecule has 1 heterocycles. The zero-order valence-electron chi connectivity index (χ0n) is 11.2. The Morgan fingerprint density at radius 1 is 1.50 bits per heavy atom. The number of carbonyl (C=O) groups excluding carboxylic acids is 1. The minimum atomic E-state index is 0.000285. The van der Waals surface area contributed by atoms with E-state index in [1.807, 2.05) is 19.2 Å². The number of anilines is 1. The van der Waals surface area contributed by atoms with Gasteiger partial charge in [0.05, 0.1) is 5.69 Å². The molecule has 0 aromatic heterocycles. The molecule has 4 nitrogen and oxygen atoms in total. The lowest BCUT2D eigenvalue weighted by atomic mass is 10.0. The molecule has 1 N–H and O–H groups in total. The molecule has 1 aliphatic heterocycles. The number of amides is 1. The number of fused-ring (bicyclic) bond motifs is 1. The average molecular weight is 248 g/mol. The molecular weight excluding hydrogens is 228 g/mol. The molecular formula is C14H20N2O2. The molecule has 4 heteroatoms. The van der Waals surface area contributed by atoms with E-state index in [0.717, 1.165) is 24.3 Å². The van der Waals surface area contributed by atoms with Crippen LogP contribution in [0.25, 0.3) is 0 Å². The molecule has 1 amide bonds. The summed E-state index contributed by atoms with van der Waals surface area (Å²) in [6.45, 7) is 2.30. The van der Waals surface area contributed by atoms with Crippen molar-refractivity contribution >= 4 is 11.6 Å². The van der Waals surface area contributed by atoms with E-state index < -0.39 is 0 Å². The van der Waals surface area contributed by atoms with Crippen molar-refractivity contribution in [2.24, 2.45) is 0 Å². The van der Waals surface area contributed by atoms with Crippen LogP contribution in [0.2, 0.25) is 0 Å². The van der Waals surface area contributed by atoms with Crippen LogP contribution in [0.5, 0.6) is 5.75 Å². The number of likely N-dealkylation sites (N-methyl/N-ethyl adjacent to an activating group) is 2. The Balaban J connectivity index is 2.23. The van der Waals surface area contributed by atoms with E-state index in [1.165, 1.54) is 5.56 Å². The van der Waals surface area contributed by atoms with Gasteiger partial charge in [0.15, 0.2) is 6.61 Å². The third kappa shape index (κ3) is 2.48. The smallest absolute Gasteiger partial charge is 0.264 e. The van der Waals surface area contributed by atoms with Gasteiger partial charge in [0, 0.05) is 13.1 Å². The van der Waals surface area contributed by atoms with E-state index in [-0.39, 0.29) is 12.5 Å². The van der Waals surface area contributed by atoms with E-state index >= 15 is 0 Å². The molecule has 0 saturated carbocycles. The monoisotopic (exact) mass is 248 g/mol. The van der Waals surface area contributed by atoms with Crippen molar-refractivity contribution in [1.29, 1.82) is 0 Å². The normalized spacial score (nSPS) is 16.2. The molecule has 1 aromatic carbocycles. The van der Waals surface area contributed by atoms with Crippen molar-refractivity contribution in [2.75, 3.05) is 25.6 Å². The Hall–Kier alpha value is -1.55. The second-order valence-electron chi connectivity index (χ2n) is 4.64. The summed E-state index contributed by atoms with van der Waals surface area (Å²) in [7, 11) is 3.77. The Morgan fingerprint density at radius 2 is 2.28 bits per heavy atom. The molecule has 0 aliphatic carbocycles. The van der Waals surface area contributed by atoms with E-state index in [1.54, 1.807) is 11.9 Å².